The van der Waals surface area contributed by atoms with E-state index in [4.69, 9.17) is 0 Å². The van der Waals surface area contributed by atoms with E-state index in [-0.39, 0.29) is 11.8 Å². The maximum Gasteiger partial charge on any atom is 0.251 e. The summed E-state index contributed by atoms with van der Waals surface area (Å²) in [4.78, 5) is 28.1. The quantitative estimate of drug-likeness (QED) is 0.763. The molecule has 0 bridgehead atoms. The van der Waals surface area contributed by atoms with Crippen molar-refractivity contribution in [2.45, 2.75) is 34.2 Å². The lowest BCUT2D eigenvalue weighted by Crippen LogP contribution is -2.50. The summed E-state index contributed by atoms with van der Waals surface area (Å²) in [5.41, 5.74) is 1.97. The van der Waals surface area contributed by atoms with Gasteiger partial charge in [0.2, 0.25) is 5.91 Å². The van der Waals surface area contributed by atoms with Gasteiger partial charge in [0.15, 0.2) is 0 Å². The topological polar surface area (TPSA) is 64.7 Å². The van der Waals surface area contributed by atoms with E-state index in [1.165, 1.54) is 6.92 Å². The second kappa shape index (κ2) is 9.85. The van der Waals surface area contributed by atoms with Crippen LogP contribution in [0.4, 0.5) is 0 Å². The lowest BCUT2D eigenvalue weighted by Gasteiger charge is -2.37. The smallest absolute Gasteiger partial charge is 0.251 e. The Hall–Kier alpha value is -1.92. The number of hydrogen-bond donors (Lipinski definition) is 2. The highest BCUT2D eigenvalue weighted by Gasteiger charge is 2.21. The Morgan fingerprint density at radius 1 is 0.963 bits per heavy atom. The van der Waals surface area contributed by atoms with E-state index in [0.717, 1.165) is 44.8 Å². The molecule has 2 rings (SSSR count). The zero-order valence-corrected chi connectivity index (χ0v) is 17.2. The molecule has 0 radical (unpaired) electrons. The van der Waals surface area contributed by atoms with Crippen LogP contribution < -0.4 is 10.6 Å². The van der Waals surface area contributed by atoms with E-state index >= 15 is 0 Å². The minimum absolute atomic E-state index is 0.0487. The molecule has 2 amide bonds. The van der Waals surface area contributed by atoms with E-state index in [0.29, 0.717) is 24.1 Å². The van der Waals surface area contributed by atoms with E-state index < -0.39 is 0 Å². The van der Waals surface area contributed by atoms with Crippen molar-refractivity contribution >= 4 is 11.8 Å². The first-order valence-corrected chi connectivity index (χ1v) is 9.79. The first-order valence-electron chi connectivity index (χ1n) is 9.79. The number of amides is 2. The van der Waals surface area contributed by atoms with E-state index in [1.807, 2.05) is 12.1 Å². The monoisotopic (exact) mass is 374 g/mol. The molecule has 0 aromatic heterocycles. The number of nitrogens with one attached hydrogen (secondary N) is 2. The molecule has 27 heavy (non-hydrogen) atoms. The Balaban J connectivity index is 1.67. The van der Waals surface area contributed by atoms with Crippen LogP contribution in [0.25, 0.3) is 0 Å². The molecule has 0 saturated carbocycles. The second-order valence-electron chi connectivity index (χ2n) is 8.54. The van der Waals surface area contributed by atoms with Crippen molar-refractivity contribution in [3.05, 3.63) is 35.4 Å². The number of rotatable bonds is 7. The molecule has 1 aliphatic rings. The largest absolute Gasteiger partial charge is 0.352 e. The third-order valence-electron chi connectivity index (χ3n) is 4.63. The van der Waals surface area contributed by atoms with Gasteiger partial charge in [-0.1, -0.05) is 32.9 Å². The summed E-state index contributed by atoms with van der Waals surface area (Å²) in [5, 5.41) is 5.75. The fourth-order valence-electron chi connectivity index (χ4n) is 3.27. The van der Waals surface area contributed by atoms with Gasteiger partial charge in [-0.05, 0) is 23.1 Å². The highest BCUT2D eigenvalue weighted by Crippen LogP contribution is 2.16. The predicted molar refractivity (Wildman–Crippen MR) is 109 cm³/mol. The highest BCUT2D eigenvalue weighted by atomic mass is 16.2. The molecule has 1 heterocycles. The molecule has 1 aromatic carbocycles. The Morgan fingerprint density at radius 3 is 2.11 bits per heavy atom. The third kappa shape index (κ3) is 8.10. The first-order chi connectivity index (χ1) is 12.7. The van der Waals surface area contributed by atoms with Crippen molar-refractivity contribution in [1.82, 2.24) is 20.4 Å². The van der Waals surface area contributed by atoms with Crippen molar-refractivity contribution in [3.63, 3.8) is 0 Å². The van der Waals surface area contributed by atoms with Crippen LogP contribution >= 0.6 is 0 Å². The standard InChI is InChI=1S/C21H34N4O2/c1-17(26)23-15-18-5-7-19(8-6-18)20(27)22-9-10-24-11-13-25(14-12-24)16-21(2,3)4/h5-8H,9-16H2,1-4H3,(H,22,27)(H,23,26). The van der Waals surface area contributed by atoms with Crippen molar-refractivity contribution in [3.8, 4) is 0 Å². The Kier molecular flexibility index (Phi) is 7.80. The fraction of sp³-hybridized carbons (Fsp3) is 0.619. The van der Waals surface area contributed by atoms with Gasteiger partial charge in [-0.2, -0.15) is 0 Å². The van der Waals surface area contributed by atoms with Crippen molar-refractivity contribution in [1.29, 1.82) is 0 Å². The van der Waals surface area contributed by atoms with Gasteiger partial charge in [-0.25, -0.2) is 0 Å². The zero-order chi connectivity index (χ0) is 19.9. The Labute approximate surface area is 163 Å². The van der Waals surface area contributed by atoms with Crippen LogP contribution in [-0.2, 0) is 11.3 Å². The fourth-order valence-corrected chi connectivity index (χ4v) is 3.27. The number of hydrogen-bond acceptors (Lipinski definition) is 4. The predicted octanol–water partition coefficient (Wildman–Crippen LogP) is 1.72. The maximum atomic E-state index is 12.3. The Morgan fingerprint density at radius 2 is 1.56 bits per heavy atom. The van der Waals surface area contributed by atoms with Gasteiger partial charge in [-0.3, -0.25) is 14.5 Å². The number of carbonyl (C=O) groups is 2. The molecule has 1 aromatic rings. The Bertz CT molecular complexity index is 614. The van der Waals surface area contributed by atoms with Crippen molar-refractivity contribution in [2.75, 3.05) is 45.8 Å². The second-order valence-corrected chi connectivity index (χ2v) is 8.54. The van der Waals surface area contributed by atoms with Gasteiger partial charge < -0.3 is 15.5 Å². The molecule has 1 saturated heterocycles. The molecule has 0 spiro atoms. The zero-order valence-electron chi connectivity index (χ0n) is 17.2. The van der Waals surface area contributed by atoms with Crippen LogP contribution in [0.15, 0.2) is 24.3 Å². The van der Waals surface area contributed by atoms with E-state index in [2.05, 4.69) is 41.2 Å². The summed E-state index contributed by atoms with van der Waals surface area (Å²) in [6.45, 7) is 15.8. The van der Waals surface area contributed by atoms with E-state index in [9.17, 15) is 9.59 Å². The van der Waals surface area contributed by atoms with Crippen LogP contribution in [0.3, 0.4) is 0 Å². The van der Waals surface area contributed by atoms with Gasteiger partial charge in [0.25, 0.3) is 5.91 Å². The normalized spacial score (nSPS) is 16.1. The number of piperazine rings is 1. The molecule has 6 nitrogen and oxygen atoms in total. The van der Waals surface area contributed by atoms with E-state index in [1.54, 1.807) is 12.1 Å². The first kappa shape index (κ1) is 21.4. The van der Waals surface area contributed by atoms with Gasteiger partial charge in [0.1, 0.15) is 0 Å². The SMILES string of the molecule is CC(=O)NCc1ccc(C(=O)NCCN2CCN(CC(C)(C)C)CC2)cc1. The molecule has 0 unspecified atom stereocenters. The molecule has 1 fully saturated rings. The third-order valence-corrected chi connectivity index (χ3v) is 4.63. The van der Waals surface area contributed by atoms with Crippen LogP contribution in [-0.4, -0.2) is 67.4 Å². The van der Waals surface area contributed by atoms with Crippen LogP contribution in [0, 0.1) is 5.41 Å². The minimum Gasteiger partial charge on any atom is -0.352 e. The number of carbonyl (C=O) groups excluding carboxylic acids is 2. The molecular formula is C21H34N4O2. The van der Waals surface area contributed by atoms with Crippen molar-refractivity contribution < 1.29 is 9.59 Å². The summed E-state index contributed by atoms with van der Waals surface area (Å²) in [7, 11) is 0. The maximum absolute atomic E-state index is 12.3. The average Bonchev–Trinajstić information content (AvgIpc) is 2.60. The summed E-state index contributed by atoms with van der Waals surface area (Å²) in [5.74, 6) is -0.108. The number of nitrogens with zero attached hydrogens (tertiary/aromatic N) is 2. The lowest BCUT2D eigenvalue weighted by molar-refractivity contribution is -0.119. The minimum atomic E-state index is -0.0592. The summed E-state index contributed by atoms with van der Waals surface area (Å²) < 4.78 is 0. The molecule has 150 valence electrons. The van der Waals surface area contributed by atoms with Crippen LogP contribution in [0.1, 0.15) is 43.6 Å². The lowest BCUT2D eigenvalue weighted by atomic mass is 9.96. The molecule has 1 aliphatic heterocycles. The molecule has 6 heteroatoms. The molecule has 2 N–H and O–H groups in total. The van der Waals surface area contributed by atoms with Crippen molar-refractivity contribution in [2.24, 2.45) is 5.41 Å². The number of benzene rings is 1. The van der Waals surface area contributed by atoms with Gasteiger partial charge >= 0.3 is 0 Å². The van der Waals surface area contributed by atoms with Crippen LogP contribution in [0.5, 0.6) is 0 Å². The van der Waals surface area contributed by atoms with Gasteiger partial charge in [-0.15, -0.1) is 0 Å². The molecule has 0 aliphatic carbocycles. The van der Waals surface area contributed by atoms with Gasteiger partial charge in [0, 0.05) is 64.8 Å². The summed E-state index contributed by atoms with van der Waals surface area (Å²) in [6.07, 6.45) is 0. The summed E-state index contributed by atoms with van der Waals surface area (Å²) in [6, 6.07) is 7.36. The van der Waals surface area contributed by atoms with Gasteiger partial charge in [0.05, 0.1) is 0 Å². The molecular weight excluding hydrogens is 340 g/mol. The summed E-state index contributed by atoms with van der Waals surface area (Å²) >= 11 is 0. The average molecular weight is 375 g/mol. The molecule has 0 atom stereocenters. The highest BCUT2D eigenvalue weighted by molar-refractivity contribution is 5.94. The van der Waals surface area contributed by atoms with Crippen LogP contribution in [0.2, 0.25) is 0 Å².